The van der Waals surface area contributed by atoms with E-state index in [2.05, 4.69) is 34.9 Å². The van der Waals surface area contributed by atoms with E-state index in [0.717, 1.165) is 33.9 Å². The summed E-state index contributed by atoms with van der Waals surface area (Å²) in [5.41, 5.74) is 4.19. The van der Waals surface area contributed by atoms with E-state index < -0.39 is 0 Å². The topological polar surface area (TPSA) is 27.1 Å². The van der Waals surface area contributed by atoms with Gasteiger partial charge in [-0.3, -0.25) is 4.57 Å². The quantitative estimate of drug-likeness (QED) is 0.524. The minimum Gasteiger partial charge on any atom is -0.494 e. The zero-order valence-electron chi connectivity index (χ0n) is 13.5. The van der Waals surface area contributed by atoms with E-state index in [1.165, 1.54) is 0 Å². The maximum Gasteiger partial charge on any atom is 0.145 e. The summed E-state index contributed by atoms with van der Waals surface area (Å²) in [6.07, 6.45) is 0. The number of hydrogen-bond acceptors (Lipinski definition) is 2. The maximum atomic E-state index is 5.68. The molecule has 0 aliphatic rings. The summed E-state index contributed by atoms with van der Waals surface area (Å²) in [6, 6.07) is 26.6. The summed E-state index contributed by atoms with van der Waals surface area (Å²) in [5, 5.41) is 0. The van der Waals surface area contributed by atoms with Gasteiger partial charge in [-0.1, -0.05) is 48.5 Å². The molecule has 0 aliphatic heterocycles. The fourth-order valence-corrected chi connectivity index (χ4v) is 2.93. The summed E-state index contributed by atoms with van der Waals surface area (Å²) < 4.78 is 7.87. The van der Waals surface area contributed by atoms with Gasteiger partial charge in [-0.05, 0) is 31.2 Å². The molecule has 0 fully saturated rings. The van der Waals surface area contributed by atoms with Crippen LogP contribution in [0.4, 0.5) is 0 Å². The van der Waals surface area contributed by atoms with Crippen LogP contribution >= 0.6 is 0 Å². The summed E-state index contributed by atoms with van der Waals surface area (Å²) in [5.74, 6) is 1.80. The highest BCUT2D eigenvalue weighted by Crippen LogP contribution is 2.30. The number of rotatable bonds is 4. The van der Waals surface area contributed by atoms with Crippen LogP contribution in [0.5, 0.6) is 5.75 Å². The highest BCUT2D eigenvalue weighted by molar-refractivity contribution is 5.84. The molecule has 24 heavy (non-hydrogen) atoms. The molecule has 0 amide bonds. The van der Waals surface area contributed by atoms with Crippen molar-refractivity contribution in [2.24, 2.45) is 0 Å². The number of fused-ring (bicyclic) bond motifs is 1. The van der Waals surface area contributed by atoms with Gasteiger partial charge in [0, 0.05) is 17.3 Å². The van der Waals surface area contributed by atoms with Gasteiger partial charge in [0.2, 0.25) is 0 Å². The van der Waals surface area contributed by atoms with E-state index in [4.69, 9.17) is 9.72 Å². The Morgan fingerprint density at radius 2 is 1.58 bits per heavy atom. The number of ether oxygens (including phenoxy) is 1. The Bertz CT molecular complexity index is 959. The zero-order valence-corrected chi connectivity index (χ0v) is 13.5. The van der Waals surface area contributed by atoms with Crippen LogP contribution in [0, 0.1) is 0 Å². The largest absolute Gasteiger partial charge is 0.494 e. The molecular formula is C21H18N2O. The number of hydrogen-bond donors (Lipinski definition) is 0. The molecule has 0 saturated heterocycles. The predicted molar refractivity (Wildman–Crippen MR) is 97.7 cm³/mol. The van der Waals surface area contributed by atoms with Crippen molar-refractivity contribution in [2.75, 3.05) is 6.61 Å². The lowest BCUT2D eigenvalue weighted by molar-refractivity contribution is 0.340. The molecule has 1 heterocycles. The Kier molecular flexibility index (Phi) is 3.75. The first-order chi connectivity index (χ1) is 11.9. The van der Waals surface area contributed by atoms with Crippen molar-refractivity contribution in [1.29, 1.82) is 0 Å². The van der Waals surface area contributed by atoms with Crippen molar-refractivity contribution < 1.29 is 4.74 Å². The number of nitrogens with zero attached hydrogens (tertiary/aromatic N) is 2. The molecule has 0 unspecified atom stereocenters. The number of aromatic nitrogens is 2. The van der Waals surface area contributed by atoms with Gasteiger partial charge in [0.1, 0.15) is 11.6 Å². The van der Waals surface area contributed by atoms with Crippen LogP contribution in [-0.2, 0) is 0 Å². The molecule has 0 spiro atoms. The Morgan fingerprint density at radius 3 is 2.29 bits per heavy atom. The van der Waals surface area contributed by atoms with Crippen LogP contribution in [0.25, 0.3) is 28.1 Å². The predicted octanol–water partition coefficient (Wildman–Crippen LogP) is 5.09. The molecule has 3 aromatic carbocycles. The Hall–Kier alpha value is -3.07. The van der Waals surface area contributed by atoms with Crippen LogP contribution in [0.1, 0.15) is 6.92 Å². The lowest BCUT2D eigenvalue weighted by Crippen LogP contribution is -1.97. The third-order valence-corrected chi connectivity index (χ3v) is 3.98. The third-order valence-electron chi connectivity index (χ3n) is 3.98. The van der Waals surface area contributed by atoms with Crippen molar-refractivity contribution in [3.8, 4) is 22.8 Å². The average Bonchev–Trinajstić information content (AvgIpc) is 3.02. The highest BCUT2D eigenvalue weighted by atomic mass is 16.5. The molecule has 3 nitrogen and oxygen atoms in total. The molecule has 3 heteroatoms. The molecule has 0 saturated carbocycles. The maximum absolute atomic E-state index is 5.68. The van der Waals surface area contributed by atoms with E-state index in [-0.39, 0.29) is 0 Å². The second-order valence-electron chi connectivity index (χ2n) is 5.56. The van der Waals surface area contributed by atoms with Crippen LogP contribution < -0.4 is 4.74 Å². The first kappa shape index (κ1) is 14.5. The number of para-hydroxylation sites is 1. The van der Waals surface area contributed by atoms with Crippen molar-refractivity contribution in [3.05, 3.63) is 78.9 Å². The Morgan fingerprint density at radius 1 is 0.875 bits per heavy atom. The lowest BCUT2D eigenvalue weighted by Gasteiger charge is -2.10. The smallest absolute Gasteiger partial charge is 0.145 e. The van der Waals surface area contributed by atoms with E-state index in [1.54, 1.807) is 0 Å². The Labute approximate surface area is 141 Å². The van der Waals surface area contributed by atoms with Gasteiger partial charge in [0.15, 0.2) is 0 Å². The van der Waals surface area contributed by atoms with Gasteiger partial charge in [0.05, 0.1) is 17.6 Å². The van der Waals surface area contributed by atoms with Gasteiger partial charge in [0.25, 0.3) is 0 Å². The molecule has 0 N–H and O–H groups in total. The molecule has 4 aromatic rings. The molecule has 0 bridgehead atoms. The van der Waals surface area contributed by atoms with Gasteiger partial charge in [-0.2, -0.15) is 0 Å². The van der Waals surface area contributed by atoms with Crippen molar-refractivity contribution in [2.45, 2.75) is 6.92 Å². The fourth-order valence-electron chi connectivity index (χ4n) is 2.93. The summed E-state index contributed by atoms with van der Waals surface area (Å²) in [6.45, 7) is 2.64. The van der Waals surface area contributed by atoms with Gasteiger partial charge >= 0.3 is 0 Å². The molecule has 0 atom stereocenters. The molecule has 1 aromatic heterocycles. The van der Waals surface area contributed by atoms with Crippen LogP contribution in [0.2, 0.25) is 0 Å². The molecule has 0 aliphatic carbocycles. The minimum atomic E-state index is 0.649. The standard InChI is InChI=1S/C21H18N2O/c1-2-24-18-13-14-19-20(15-18)23(17-11-7-4-8-12-17)21(22-19)16-9-5-3-6-10-16/h3-15H,2H2,1H3. The number of imidazole rings is 1. The van der Waals surface area contributed by atoms with E-state index >= 15 is 0 Å². The van der Waals surface area contributed by atoms with Gasteiger partial charge in [-0.25, -0.2) is 4.98 Å². The lowest BCUT2D eigenvalue weighted by atomic mass is 10.2. The Balaban J connectivity index is 2.01. The van der Waals surface area contributed by atoms with Crippen molar-refractivity contribution >= 4 is 11.0 Å². The molecule has 4 rings (SSSR count). The monoisotopic (exact) mass is 314 g/mol. The van der Waals surface area contributed by atoms with Crippen molar-refractivity contribution in [3.63, 3.8) is 0 Å². The molecular weight excluding hydrogens is 296 g/mol. The second kappa shape index (κ2) is 6.20. The van der Waals surface area contributed by atoms with E-state index in [1.807, 2.05) is 55.5 Å². The highest BCUT2D eigenvalue weighted by Gasteiger charge is 2.14. The fraction of sp³-hybridized carbons (Fsp3) is 0.0952. The SMILES string of the molecule is CCOc1ccc2nc(-c3ccccc3)n(-c3ccccc3)c2c1. The van der Waals surface area contributed by atoms with Gasteiger partial charge < -0.3 is 4.74 Å². The molecule has 118 valence electrons. The molecule has 0 radical (unpaired) electrons. The van der Waals surface area contributed by atoms with Crippen molar-refractivity contribution in [1.82, 2.24) is 9.55 Å². The first-order valence-corrected chi connectivity index (χ1v) is 8.13. The normalized spacial score (nSPS) is 10.9. The van der Waals surface area contributed by atoms with Crippen LogP contribution in [0.3, 0.4) is 0 Å². The summed E-state index contributed by atoms with van der Waals surface area (Å²) in [4.78, 5) is 4.87. The first-order valence-electron chi connectivity index (χ1n) is 8.13. The zero-order chi connectivity index (χ0) is 16.4. The summed E-state index contributed by atoms with van der Waals surface area (Å²) in [7, 11) is 0. The van der Waals surface area contributed by atoms with Crippen LogP contribution in [0.15, 0.2) is 78.9 Å². The summed E-state index contributed by atoms with van der Waals surface area (Å²) >= 11 is 0. The average molecular weight is 314 g/mol. The third kappa shape index (κ3) is 2.54. The number of benzene rings is 3. The van der Waals surface area contributed by atoms with Gasteiger partial charge in [-0.15, -0.1) is 0 Å². The minimum absolute atomic E-state index is 0.649. The second-order valence-corrected chi connectivity index (χ2v) is 5.56. The van der Waals surface area contributed by atoms with Crippen LogP contribution in [-0.4, -0.2) is 16.2 Å². The van der Waals surface area contributed by atoms with E-state index in [0.29, 0.717) is 6.61 Å². The van der Waals surface area contributed by atoms with E-state index in [9.17, 15) is 0 Å².